The quantitative estimate of drug-likeness (QED) is 0.720. The van der Waals surface area contributed by atoms with Crippen LogP contribution in [-0.4, -0.2) is 27.4 Å². The van der Waals surface area contributed by atoms with Crippen LogP contribution in [0.25, 0.3) is 10.6 Å². The molecule has 7 heteroatoms. The van der Waals surface area contributed by atoms with E-state index in [0.717, 1.165) is 22.0 Å². The number of hydrogen-bond donors (Lipinski definition) is 2. The average molecular weight is 339 g/mol. The van der Waals surface area contributed by atoms with Crippen molar-refractivity contribution in [2.45, 2.75) is 13.3 Å². The summed E-state index contributed by atoms with van der Waals surface area (Å²) in [5.74, 6) is 0.463. The van der Waals surface area contributed by atoms with Crippen LogP contribution in [0.15, 0.2) is 48.1 Å². The molecule has 0 aliphatic heterocycles. The molecule has 0 saturated heterocycles. The van der Waals surface area contributed by atoms with Crippen LogP contribution in [0.2, 0.25) is 0 Å². The molecule has 6 nitrogen and oxygen atoms in total. The van der Waals surface area contributed by atoms with E-state index in [2.05, 4.69) is 25.6 Å². The number of benzene rings is 1. The SMILES string of the molecule is Cc1csc(-c2ccc(NC(=O)CCNc3ncccn3)cc2)n1. The number of anilines is 2. The van der Waals surface area contributed by atoms with Gasteiger partial charge in [-0.15, -0.1) is 11.3 Å². The molecule has 1 aromatic carbocycles. The molecular weight excluding hydrogens is 322 g/mol. The summed E-state index contributed by atoms with van der Waals surface area (Å²) in [5, 5.41) is 8.89. The van der Waals surface area contributed by atoms with Crippen LogP contribution in [0.4, 0.5) is 11.6 Å². The highest BCUT2D eigenvalue weighted by atomic mass is 32.1. The van der Waals surface area contributed by atoms with Gasteiger partial charge in [0.1, 0.15) is 5.01 Å². The topological polar surface area (TPSA) is 79.8 Å². The van der Waals surface area contributed by atoms with Crippen LogP contribution >= 0.6 is 11.3 Å². The molecule has 0 atom stereocenters. The number of thiazole rings is 1. The molecule has 122 valence electrons. The lowest BCUT2D eigenvalue weighted by molar-refractivity contribution is -0.115. The van der Waals surface area contributed by atoms with Gasteiger partial charge in [0.15, 0.2) is 0 Å². The molecule has 0 radical (unpaired) electrons. The Morgan fingerprint density at radius 3 is 2.58 bits per heavy atom. The molecule has 2 aromatic heterocycles. The van der Waals surface area contributed by atoms with E-state index in [1.165, 1.54) is 0 Å². The van der Waals surface area contributed by atoms with Gasteiger partial charge in [-0.1, -0.05) is 0 Å². The van der Waals surface area contributed by atoms with E-state index >= 15 is 0 Å². The van der Waals surface area contributed by atoms with E-state index in [9.17, 15) is 4.79 Å². The number of amides is 1. The Kier molecular flexibility index (Phi) is 5.12. The Morgan fingerprint density at radius 1 is 1.17 bits per heavy atom. The van der Waals surface area contributed by atoms with Gasteiger partial charge >= 0.3 is 0 Å². The zero-order valence-corrected chi connectivity index (χ0v) is 14.0. The van der Waals surface area contributed by atoms with E-state index < -0.39 is 0 Å². The van der Waals surface area contributed by atoms with Crippen molar-refractivity contribution in [3.05, 3.63) is 53.8 Å². The second-order valence-corrected chi connectivity index (χ2v) is 6.03. The summed E-state index contributed by atoms with van der Waals surface area (Å²) in [6.45, 7) is 2.45. The van der Waals surface area contributed by atoms with Gasteiger partial charge in [0.2, 0.25) is 11.9 Å². The van der Waals surface area contributed by atoms with Crippen molar-refractivity contribution in [1.29, 1.82) is 0 Å². The Balaban J connectivity index is 1.49. The number of carbonyl (C=O) groups excluding carboxylic acids is 1. The second kappa shape index (κ2) is 7.65. The maximum Gasteiger partial charge on any atom is 0.226 e. The number of nitrogens with zero attached hydrogens (tertiary/aromatic N) is 3. The largest absolute Gasteiger partial charge is 0.354 e. The molecule has 0 saturated carbocycles. The summed E-state index contributed by atoms with van der Waals surface area (Å²) in [6.07, 6.45) is 3.65. The lowest BCUT2D eigenvalue weighted by Gasteiger charge is -2.07. The first kappa shape index (κ1) is 16.1. The standard InChI is InChI=1S/C17H17N5OS/c1-12-11-24-16(21-12)13-3-5-14(6-4-13)22-15(23)7-10-20-17-18-8-2-9-19-17/h2-6,8-9,11H,7,10H2,1H3,(H,22,23)(H,18,19,20). The van der Waals surface area contributed by atoms with E-state index in [1.807, 2.05) is 36.6 Å². The van der Waals surface area contributed by atoms with E-state index in [1.54, 1.807) is 29.8 Å². The van der Waals surface area contributed by atoms with Crippen LogP contribution in [-0.2, 0) is 4.79 Å². The summed E-state index contributed by atoms with van der Waals surface area (Å²) < 4.78 is 0. The molecule has 2 N–H and O–H groups in total. The molecule has 2 heterocycles. The minimum Gasteiger partial charge on any atom is -0.354 e. The third-order valence-corrected chi connectivity index (χ3v) is 4.24. The second-order valence-electron chi connectivity index (χ2n) is 5.17. The molecule has 0 bridgehead atoms. The molecule has 0 aliphatic carbocycles. The van der Waals surface area contributed by atoms with Crippen LogP contribution in [0, 0.1) is 6.92 Å². The molecule has 0 aliphatic rings. The van der Waals surface area contributed by atoms with Crippen molar-refractivity contribution in [2.75, 3.05) is 17.2 Å². The van der Waals surface area contributed by atoms with E-state index in [-0.39, 0.29) is 5.91 Å². The minimum absolute atomic E-state index is 0.0590. The molecule has 0 fully saturated rings. The number of rotatable bonds is 6. The van der Waals surface area contributed by atoms with Crippen LogP contribution in [0.1, 0.15) is 12.1 Å². The van der Waals surface area contributed by atoms with Gasteiger partial charge in [-0.05, 0) is 37.3 Å². The summed E-state index contributed by atoms with van der Waals surface area (Å²) in [7, 11) is 0. The summed E-state index contributed by atoms with van der Waals surface area (Å²) in [5.41, 5.74) is 2.84. The maximum atomic E-state index is 12.0. The third-order valence-electron chi connectivity index (χ3n) is 3.24. The highest BCUT2D eigenvalue weighted by Gasteiger charge is 2.05. The van der Waals surface area contributed by atoms with Gasteiger partial charge in [-0.2, -0.15) is 0 Å². The van der Waals surface area contributed by atoms with Crippen LogP contribution < -0.4 is 10.6 Å². The molecular formula is C17H17N5OS. The lowest BCUT2D eigenvalue weighted by Crippen LogP contribution is -2.16. The fourth-order valence-electron chi connectivity index (χ4n) is 2.08. The van der Waals surface area contributed by atoms with Crippen LogP contribution in [0.3, 0.4) is 0 Å². The molecule has 1 amide bonds. The average Bonchev–Trinajstić information content (AvgIpc) is 3.03. The Hall–Kier alpha value is -2.80. The van der Waals surface area contributed by atoms with Crippen molar-refractivity contribution in [3.63, 3.8) is 0 Å². The summed E-state index contributed by atoms with van der Waals surface area (Å²) in [4.78, 5) is 24.5. The normalized spacial score (nSPS) is 10.4. The van der Waals surface area contributed by atoms with Crippen molar-refractivity contribution >= 4 is 28.9 Å². The molecule has 0 spiro atoms. The molecule has 3 rings (SSSR count). The predicted molar refractivity (Wildman–Crippen MR) is 96.1 cm³/mol. The number of carbonyl (C=O) groups is 1. The van der Waals surface area contributed by atoms with Crippen molar-refractivity contribution < 1.29 is 4.79 Å². The predicted octanol–water partition coefficient (Wildman–Crippen LogP) is 3.35. The van der Waals surface area contributed by atoms with Crippen molar-refractivity contribution in [1.82, 2.24) is 15.0 Å². The number of hydrogen-bond acceptors (Lipinski definition) is 6. The first-order valence-corrected chi connectivity index (χ1v) is 8.42. The summed E-state index contributed by atoms with van der Waals surface area (Å²) in [6, 6.07) is 9.44. The Labute approximate surface area is 144 Å². The first-order chi connectivity index (χ1) is 11.7. The fourth-order valence-corrected chi connectivity index (χ4v) is 2.89. The lowest BCUT2D eigenvalue weighted by atomic mass is 10.2. The zero-order valence-electron chi connectivity index (χ0n) is 13.2. The summed E-state index contributed by atoms with van der Waals surface area (Å²) >= 11 is 1.61. The van der Waals surface area contributed by atoms with E-state index in [0.29, 0.717) is 18.9 Å². The number of aromatic nitrogens is 3. The third kappa shape index (κ3) is 4.36. The molecule has 24 heavy (non-hydrogen) atoms. The van der Waals surface area contributed by atoms with Crippen molar-refractivity contribution in [2.24, 2.45) is 0 Å². The maximum absolute atomic E-state index is 12.0. The first-order valence-electron chi connectivity index (χ1n) is 7.54. The highest BCUT2D eigenvalue weighted by molar-refractivity contribution is 7.13. The van der Waals surface area contributed by atoms with Gasteiger partial charge in [0.05, 0.1) is 0 Å². The molecule has 0 unspecified atom stereocenters. The van der Waals surface area contributed by atoms with Crippen molar-refractivity contribution in [3.8, 4) is 10.6 Å². The van der Waals surface area contributed by atoms with Gasteiger partial charge in [-0.3, -0.25) is 4.79 Å². The number of aryl methyl sites for hydroxylation is 1. The Bertz CT molecular complexity index is 801. The monoisotopic (exact) mass is 339 g/mol. The van der Waals surface area contributed by atoms with Gasteiger partial charge in [0, 0.05) is 47.7 Å². The van der Waals surface area contributed by atoms with Gasteiger partial charge < -0.3 is 10.6 Å². The van der Waals surface area contributed by atoms with Gasteiger partial charge in [0.25, 0.3) is 0 Å². The highest BCUT2D eigenvalue weighted by Crippen LogP contribution is 2.24. The Morgan fingerprint density at radius 2 is 1.92 bits per heavy atom. The van der Waals surface area contributed by atoms with E-state index in [4.69, 9.17) is 0 Å². The fraction of sp³-hybridized carbons (Fsp3) is 0.176. The minimum atomic E-state index is -0.0590. The van der Waals surface area contributed by atoms with Gasteiger partial charge in [-0.25, -0.2) is 15.0 Å². The molecule has 3 aromatic rings. The smallest absolute Gasteiger partial charge is 0.226 e. The van der Waals surface area contributed by atoms with Crippen LogP contribution in [0.5, 0.6) is 0 Å². The zero-order chi connectivity index (χ0) is 16.8. The number of nitrogens with one attached hydrogen (secondary N) is 2.